The van der Waals surface area contributed by atoms with E-state index in [9.17, 15) is 4.79 Å². The zero-order valence-corrected chi connectivity index (χ0v) is 13.3. The molecule has 6 heteroatoms. The molecule has 2 N–H and O–H groups in total. The lowest BCUT2D eigenvalue weighted by molar-refractivity contribution is 0.0953. The van der Waals surface area contributed by atoms with Crippen LogP contribution in [0.4, 0.5) is 5.95 Å². The Balaban J connectivity index is 1.74. The van der Waals surface area contributed by atoms with E-state index in [2.05, 4.69) is 20.6 Å². The van der Waals surface area contributed by atoms with Crippen LogP contribution in [0.3, 0.4) is 0 Å². The molecule has 122 valence electrons. The summed E-state index contributed by atoms with van der Waals surface area (Å²) in [5.41, 5.74) is 1.65. The lowest BCUT2D eigenvalue weighted by Crippen LogP contribution is -2.26. The summed E-state index contributed by atoms with van der Waals surface area (Å²) < 4.78 is 4.97. The summed E-state index contributed by atoms with van der Waals surface area (Å²) in [4.78, 5) is 20.3. The summed E-state index contributed by atoms with van der Waals surface area (Å²) in [7, 11) is 1.67. The fourth-order valence-corrected chi connectivity index (χ4v) is 2.02. The third kappa shape index (κ3) is 6.04. The number of benzene rings is 1. The second kappa shape index (κ2) is 9.53. The largest absolute Gasteiger partial charge is 0.385 e. The maximum atomic E-state index is 12.0. The van der Waals surface area contributed by atoms with Gasteiger partial charge in [-0.25, -0.2) is 9.97 Å². The molecule has 2 aromatic rings. The monoisotopic (exact) mass is 314 g/mol. The number of hydrogen-bond donors (Lipinski definition) is 2. The minimum atomic E-state index is -0.160. The Morgan fingerprint density at radius 3 is 2.57 bits per heavy atom. The van der Waals surface area contributed by atoms with Crippen molar-refractivity contribution in [3.63, 3.8) is 0 Å². The molecule has 0 atom stereocenters. The van der Waals surface area contributed by atoms with Crippen LogP contribution in [0.1, 0.15) is 22.3 Å². The van der Waals surface area contributed by atoms with Crippen molar-refractivity contribution in [3.05, 3.63) is 53.9 Å². The van der Waals surface area contributed by atoms with Gasteiger partial charge in [0.05, 0.1) is 5.56 Å². The molecule has 6 nitrogen and oxygen atoms in total. The number of ether oxygens (including phenoxy) is 1. The summed E-state index contributed by atoms with van der Waals surface area (Å²) in [6, 6.07) is 10.0. The molecule has 23 heavy (non-hydrogen) atoms. The van der Waals surface area contributed by atoms with Gasteiger partial charge < -0.3 is 15.4 Å². The van der Waals surface area contributed by atoms with Crippen molar-refractivity contribution in [2.24, 2.45) is 0 Å². The van der Waals surface area contributed by atoms with Gasteiger partial charge in [0.2, 0.25) is 5.95 Å². The minimum absolute atomic E-state index is 0.160. The maximum absolute atomic E-state index is 12.0. The molecular formula is C17H22N4O2. The van der Waals surface area contributed by atoms with Gasteiger partial charge in [0, 0.05) is 39.2 Å². The van der Waals surface area contributed by atoms with Gasteiger partial charge in [-0.3, -0.25) is 4.79 Å². The van der Waals surface area contributed by atoms with Gasteiger partial charge in [0.15, 0.2) is 0 Å². The summed E-state index contributed by atoms with van der Waals surface area (Å²) >= 11 is 0. The second-order valence-corrected chi connectivity index (χ2v) is 5.06. The van der Waals surface area contributed by atoms with Crippen LogP contribution in [0.2, 0.25) is 0 Å². The van der Waals surface area contributed by atoms with Crippen molar-refractivity contribution in [2.45, 2.75) is 12.8 Å². The zero-order valence-electron chi connectivity index (χ0n) is 13.3. The zero-order chi connectivity index (χ0) is 16.3. The number of carbonyl (C=O) groups excluding carboxylic acids is 1. The first-order valence-corrected chi connectivity index (χ1v) is 7.66. The number of amides is 1. The summed E-state index contributed by atoms with van der Waals surface area (Å²) in [6.45, 7) is 2.01. The molecule has 0 unspecified atom stereocenters. The molecule has 0 aliphatic heterocycles. The van der Waals surface area contributed by atoms with Crippen molar-refractivity contribution in [2.75, 3.05) is 32.1 Å². The molecule has 0 bridgehead atoms. The highest BCUT2D eigenvalue weighted by Gasteiger charge is 2.06. The molecule has 1 amide bonds. The molecule has 2 rings (SSSR count). The average Bonchev–Trinajstić information content (AvgIpc) is 2.60. The number of nitrogens with one attached hydrogen (secondary N) is 2. The van der Waals surface area contributed by atoms with Gasteiger partial charge in [-0.1, -0.05) is 30.3 Å². The average molecular weight is 314 g/mol. The Hall–Kier alpha value is -2.47. The van der Waals surface area contributed by atoms with Crippen LogP contribution in [0.25, 0.3) is 0 Å². The number of anilines is 1. The van der Waals surface area contributed by atoms with E-state index >= 15 is 0 Å². The van der Waals surface area contributed by atoms with Gasteiger partial charge in [-0.2, -0.15) is 0 Å². The fraction of sp³-hybridized carbons (Fsp3) is 0.353. The predicted molar refractivity (Wildman–Crippen MR) is 89.5 cm³/mol. The summed E-state index contributed by atoms with van der Waals surface area (Å²) in [6.07, 6.45) is 4.74. The van der Waals surface area contributed by atoms with Gasteiger partial charge in [-0.05, 0) is 18.4 Å². The smallest absolute Gasteiger partial charge is 0.254 e. The van der Waals surface area contributed by atoms with Crippen LogP contribution < -0.4 is 10.6 Å². The van der Waals surface area contributed by atoms with Crippen LogP contribution in [0.15, 0.2) is 42.7 Å². The molecule has 0 saturated heterocycles. The number of hydrogen-bond acceptors (Lipinski definition) is 5. The lowest BCUT2D eigenvalue weighted by atomic mass is 10.1. The number of rotatable bonds is 9. The highest BCUT2D eigenvalue weighted by atomic mass is 16.5. The summed E-state index contributed by atoms with van der Waals surface area (Å²) in [5.74, 6) is 0.355. The van der Waals surface area contributed by atoms with E-state index in [-0.39, 0.29) is 5.91 Å². The van der Waals surface area contributed by atoms with Gasteiger partial charge in [-0.15, -0.1) is 0 Å². The Bertz CT molecular complexity index is 587. The Kier molecular flexibility index (Phi) is 7.00. The van der Waals surface area contributed by atoms with Gasteiger partial charge in [0.25, 0.3) is 5.91 Å². The normalized spacial score (nSPS) is 10.3. The lowest BCUT2D eigenvalue weighted by Gasteiger charge is -2.07. The molecule has 1 aromatic carbocycles. The van der Waals surface area contributed by atoms with Crippen molar-refractivity contribution in [1.82, 2.24) is 15.3 Å². The van der Waals surface area contributed by atoms with Crippen molar-refractivity contribution >= 4 is 11.9 Å². The highest BCUT2D eigenvalue weighted by Crippen LogP contribution is 2.02. The van der Waals surface area contributed by atoms with E-state index in [1.54, 1.807) is 7.11 Å². The third-order valence-corrected chi connectivity index (χ3v) is 3.26. The predicted octanol–water partition coefficient (Wildman–Crippen LogP) is 1.90. The van der Waals surface area contributed by atoms with E-state index in [4.69, 9.17) is 4.74 Å². The van der Waals surface area contributed by atoms with Crippen LogP contribution in [0.5, 0.6) is 0 Å². The van der Waals surface area contributed by atoms with E-state index < -0.39 is 0 Å². The van der Waals surface area contributed by atoms with Crippen LogP contribution in [-0.4, -0.2) is 42.7 Å². The Labute approximate surface area is 136 Å². The molecular weight excluding hydrogens is 292 g/mol. The SMILES string of the molecule is COCCCNc1ncc(C(=O)NCCc2ccccc2)cn1. The Morgan fingerprint density at radius 1 is 1.13 bits per heavy atom. The van der Waals surface area contributed by atoms with Crippen LogP contribution >= 0.6 is 0 Å². The molecule has 0 aliphatic rings. The van der Waals surface area contributed by atoms with Gasteiger partial charge >= 0.3 is 0 Å². The van der Waals surface area contributed by atoms with Crippen molar-refractivity contribution in [1.29, 1.82) is 0 Å². The summed E-state index contributed by atoms with van der Waals surface area (Å²) in [5, 5.41) is 5.95. The van der Waals surface area contributed by atoms with Gasteiger partial charge in [0.1, 0.15) is 0 Å². The molecule has 0 aliphatic carbocycles. The molecule has 1 heterocycles. The molecule has 1 aromatic heterocycles. The van der Waals surface area contributed by atoms with Crippen LogP contribution in [-0.2, 0) is 11.2 Å². The number of methoxy groups -OCH3 is 1. The fourth-order valence-electron chi connectivity index (χ4n) is 2.02. The van der Waals surface area contributed by atoms with Crippen molar-refractivity contribution < 1.29 is 9.53 Å². The van der Waals surface area contributed by atoms with E-state index in [0.717, 1.165) is 19.4 Å². The number of carbonyl (C=O) groups is 1. The first kappa shape index (κ1) is 16.9. The van der Waals surface area contributed by atoms with E-state index in [1.807, 2.05) is 30.3 Å². The molecule has 0 fully saturated rings. The Morgan fingerprint density at radius 2 is 1.87 bits per heavy atom. The third-order valence-electron chi connectivity index (χ3n) is 3.26. The number of aromatic nitrogens is 2. The molecule has 0 radical (unpaired) electrons. The first-order valence-electron chi connectivity index (χ1n) is 7.66. The standard InChI is InChI=1S/C17H22N4O2/c1-23-11-5-9-19-17-20-12-15(13-21-17)16(22)18-10-8-14-6-3-2-4-7-14/h2-4,6-7,12-13H,5,8-11H2,1H3,(H,18,22)(H,19,20,21). The number of nitrogens with zero attached hydrogens (tertiary/aromatic N) is 2. The molecule has 0 saturated carbocycles. The molecule has 0 spiro atoms. The highest BCUT2D eigenvalue weighted by molar-refractivity contribution is 5.93. The second-order valence-electron chi connectivity index (χ2n) is 5.06. The topological polar surface area (TPSA) is 76.1 Å². The van der Waals surface area contributed by atoms with E-state index in [1.165, 1.54) is 18.0 Å². The van der Waals surface area contributed by atoms with E-state index in [0.29, 0.717) is 24.7 Å². The first-order chi connectivity index (χ1) is 11.3. The van der Waals surface area contributed by atoms with Crippen LogP contribution in [0, 0.1) is 0 Å². The minimum Gasteiger partial charge on any atom is -0.385 e. The maximum Gasteiger partial charge on any atom is 0.254 e. The quantitative estimate of drug-likeness (QED) is 0.691. The van der Waals surface area contributed by atoms with Crippen molar-refractivity contribution in [3.8, 4) is 0 Å².